The van der Waals surface area contributed by atoms with Crippen LogP contribution >= 0.6 is 0 Å². The van der Waals surface area contributed by atoms with Gasteiger partial charge in [-0.1, -0.05) is 17.2 Å². The van der Waals surface area contributed by atoms with Gasteiger partial charge in [-0.05, 0) is 49.1 Å². The van der Waals surface area contributed by atoms with Crippen molar-refractivity contribution in [3.8, 4) is 17.5 Å². The van der Waals surface area contributed by atoms with E-state index in [1.54, 1.807) is 24.4 Å². The first-order valence-electron chi connectivity index (χ1n) is 9.94. The van der Waals surface area contributed by atoms with Gasteiger partial charge in [0, 0.05) is 17.8 Å². The van der Waals surface area contributed by atoms with E-state index < -0.39 is 18.6 Å². The minimum Gasteiger partial charge on any atom is -0.348 e. The van der Waals surface area contributed by atoms with Crippen LogP contribution in [0, 0.1) is 11.8 Å². The highest BCUT2D eigenvalue weighted by Crippen LogP contribution is 2.20. The van der Waals surface area contributed by atoms with Gasteiger partial charge in [0.15, 0.2) is 5.69 Å². The molecule has 0 aliphatic heterocycles. The van der Waals surface area contributed by atoms with Gasteiger partial charge in [-0.2, -0.15) is 13.2 Å². The first-order chi connectivity index (χ1) is 15.8. The molecule has 0 unspecified atom stereocenters. The third kappa shape index (κ3) is 5.94. The van der Waals surface area contributed by atoms with Crippen LogP contribution in [0.2, 0.25) is 0 Å². The average molecular weight is 454 g/mol. The third-order valence-electron chi connectivity index (χ3n) is 4.58. The lowest BCUT2D eigenvalue weighted by Crippen LogP contribution is -2.33. The van der Waals surface area contributed by atoms with E-state index in [0.29, 0.717) is 16.9 Å². The maximum Gasteiger partial charge on any atom is 0.405 e. The molecule has 2 heterocycles. The summed E-state index contributed by atoms with van der Waals surface area (Å²) in [5.41, 5.74) is 1.24. The van der Waals surface area contributed by atoms with E-state index >= 15 is 0 Å². The smallest absolute Gasteiger partial charge is 0.348 e. The molecule has 1 aliphatic carbocycles. The van der Waals surface area contributed by atoms with E-state index in [4.69, 9.17) is 0 Å². The highest BCUT2D eigenvalue weighted by atomic mass is 19.4. The minimum atomic E-state index is -4.53. The predicted molar refractivity (Wildman–Crippen MR) is 110 cm³/mol. The summed E-state index contributed by atoms with van der Waals surface area (Å²) in [5, 5.41) is 12.5. The van der Waals surface area contributed by atoms with Crippen LogP contribution in [0.3, 0.4) is 0 Å². The minimum absolute atomic E-state index is 0.0138. The third-order valence-corrected chi connectivity index (χ3v) is 4.58. The lowest BCUT2D eigenvalue weighted by molar-refractivity contribution is -0.123. The quantitative estimate of drug-likeness (QED) is 0.576. The van der Waals surface area contributed by atoms with Crippen LogP contribution in [0.4, 0.5) is 13.2 Å². The number of amides is 2. The van der Waals surface area contributed by atoms with E-state index in [1.165, 1.54) is 29.1 Å². The molecule has 168 valence electrons. The molecule has 11 heteroatoms. The number of alkyl halides is 3. The lowest BCUT2D eigenvalue weighted by Gasteiger charge is -2.10. The van der Waals surface area contributed by atoms with Gasteiger partial charge in [0.05, 0.1) is 17.4 Å². The SMILES string of the molecule is O=C(NCC(F)(F)F)c1ccc(-n2cc(C(=O)NC3CC3)nn2)c(C#Cc2ccccn2)c1. The molecule has 2 N–H and O–H groups in total. The molecule has 1 fully saturated rings. The molecule has 8 nitrogen and oxygen atoms in total. The number of benzene rings is 1. The van der Waals surface area contributed by atoms with Gasteiger partial charge in [-0.25, -0.2) is 9.67 Å². The van der Waals surface area contributed by atoms with Crippen LogP contribution in [-0.2, 0) is 0 Å². The second kappa shape index (κ2) is 9.12. The molecule has 0 spiro atoms. The van der Waals surface area contributed by atoms with Crippen molar-refractivity contribution in [3.63, 3.8) is 0 Å². The van der Waals surface area contributed by atoms with Gasteiger partial charge in [-0.15, -0.1) is 5.10 Å². The lowest BCUT2D eigenvalue weighted by atomic mass is 10.1. The van der Waals surface area contributed by atoms with Gasteiger partial charge in [0.2, 0.25) is 0 Å². The second-order valence-electron chi connectivity index (χ2n) is 7.29. The standard InChI is InChI=1S/C22H17F3N6O2/c23-22(24,25)13-27-20(32)15-5-9-19(14(11-15)4-6-16-3-1-2-10-26-16)31-12-18(29-30-31)21(33)28-17-7-8-17/h1-3,5,9-12,17H,7-8,13H2,(H,27,32)(H,28,33). The van der Waals surface area contributed by atoms with Crippen molar-refractivity contribution in [2.75, 3.05) is 6.54 Å². The Balaban J connectivity index is 1.65. The zero-order valence-corrected chi connectivity index (χ0v) is 17.1. The molecule has 33 heavy (non-hydrogen) atoms. The molecule has 0 saturated heterocycles. The van der Waals surface area contributed by atoms with Crippen molar-refractivity contribution in [1.29, 1.82) is 0 Å². The van der Waals surface area contributed by atoms with Crippen molar-refractivity contribution in [2.45, 2.75) is 25.1 Å². The van der Waals surface area contributed by atoms with Crippen LogP contribution in [0.25, 0.3) is 5.69 Å². The van der Waals surface area contributed by atoms with E-state index in [2.05, 4.69) is 32.5 Å². The largest absolute Gasteiger partial charge is 0.405 e. The Hall–Kier alpha value is -4.20. The average Bonchev–Trinajstić information content (AvgIpc) is 3.47. The Labute approximate surface area is 186 Å². The molecule has 1 saturated carbocycles. The Morgan fingerprint density at radius 2 is 1.94 bits per heavy atom. The Morgan fingerprint density at radius 3 is 2.64 bits per heavy atom. The van der Waals surface area contributed by atoms with Crippen LogP contribution in [0.15, 0.2) is 48.8 Å². The van der Waals surface area contributed by atoms with Crippen LogP contribution in [0.1, 0.15) is 44.9 Å². The summed E-state index contributed by atoms with van der Waals surface area (Å²) >= 11 is 0. The van der Waals surface area contributed by atoms with Gasteiger partial charge >= 0.3 is 6.18 Å². The molecule has 2 aromatic heterocycles. The summed E-state index contributed by atoms with van der Waals surface area (Å²) in [6.45, 7) is -1.45. The van der Waals surface area contributed by atoms with Gasteiger partial charge in [0.25, 0.3) is 11.8 Å². The maximum absolute atomic E-state index is 12.5. The number of rotatable bonds is 5. The Kier molecular flexibility index (Phi) is 6.08. The topological polar surface area (TPSA) is 102 Å². The number of pyridine rings is 1. The number of carbonyl (C=O) groups is 2. The highest BCUT2D eigenvalue weighted by Gasteiger charge is 2.28. The number of hydrogen-bond donors (Lipinski definition) is 2. The second-order valence-corrected chi connectivity index (χ2v) is 7.29. The van der Waals surface area contributed by atoms with Crippen LogP contribution < -0.4 is 10.6 Å². The normalized spacial score (nSPS) is 13.1. The maximum atomic E-state index is 12.5. The first kappa shape index (κ1) is 22.0. The fourth-order valence-corrected chi connectivity index (χ4v) is 2.80. The molecule has 1 aliphatic rings. The van der Waals surface area contributed by atoms with Crippen molar-refractivity contribution in [3.05, 3.63) is 71.3 Å². The van der Waals surface area contributed by atoms with Crippen molar-refractivity contribution in [1.82, 2.24) is 30.6 Å². The number of nitrogens with one attached hydrogen (secondary N) is 2. The molecule has 2 amide bonds. The monoisotopic (exact) mass is 454 g/mol. The molecular weight excluding hydrogens is 437 g/mol. The molecule has 3 aromatic rings. The van der Waals surface area contributed by atoms with Crippen molar-refractivity contribution in [2.24, 2.45) is 0 Å². The first-order valence-corrected chi connectivity index (χ1v) is 9.94. The summed E-state index contributed by atoms with van der Waals surface area (Å²) in [6, 6.07) is 9.48. The molecular formula is C22H17F3N6O2. The van der Waals surface area contributed by atoms with E-state index in [0.717, 1.165) is 12.8 Å². The van der Waals surface area contributed by atoms with Crippen LogP contribution in [0.5, 0.6) is 0 Å². The number of hydrogen-bond acceptors (Lipinski definition) is 5. The van der Waals surface area contributed by atoms with Gasteiger partial charge in [-0.3, -0.25) is 9.59 Å². The molecule has 4 rings (SSSR count). The number of halogens is 3. The summed E-state index contributed by atoms with van der Waals surface area (Å²) in [4.78, 5) is 28.5. The number of carbonyl (C=O) groups excluding carboxylic acids is 2. The van der Waals surface area contributed by atoms with E-state index in [9.17, 15) is 22.8 Å². The van der Waals surface area contributed by atoms with Crippen molar-refractivity contribution < 1.29 is 22.8 Å². The molecule has 0 bridgehead atoms. The summed E-state index contributed by atoms with van der Waals surface area (Å²) in [5.74, 6) is 4.46. The number of aromatic nitrogens is 4. The van der Waals surface area contributed by atoms with Crippen molar-refractivity contribution >= 4 is 11.8 Å². The number of nitrogens with zero attached hydrogens (tertiary/aromatic N) is 4. The summed E-state index contributed by atoms with van der Waals surface area (Å²) in [6.07, 6.45) is 0.294. The predicted octanol–water partition coefficient (Wildman–Crippen LogP) is 2.25. The van der Waals surface area contributed by atoms with Gasteiger partial charge < -0.3 is 10.6 Å². The Morgan fingerprint density at radius 1 is 1.12 bits per heavy atom. The molecule has 0 atom stereocenters. The highest BCUT2D eigenvalue weighted by molar-refractivity contribution is 5.95. The fourth-order valence-electron chi connectivity index (χ4n) is 2.80. The fraction of sp³-hybridized carbons (Fsp3) is 0.227. The molecule has 0 radical (unpaired) electrons. The molecule has 1 aromatic carbocycles. The summed E-state index contributed by atoms with van der Waals surface area (Å²) < 4.78 is 38.7. The van der Waals surface area contributed by atoms with Crippen LogP contribution in [-0.4, -0.2) is 50.6 Å². The zero-order chi connectivity index (χ0) is 23.4. The van der Waals surface area contributed by atoms with Gasteiger partial charge in [0.1, 0.15) is 12.2 Å². The summed E-state index contributed by atoms with van der Waals surface area (Å²) in [7, 11) is 0. The Bertz CT molecular complexity index is 1240. The zero-order valence-electron chi connectivity index (χ0n) is 17.1. The van der Waals surface area contributed by atoms with E-state index in [1.807, 2.05) is 5.32 Å². The van der Waals surface area contributed by atoms with E-state index in [-0.39, 0.29) is 23.2 Å².